The van der Waals surface area contributed by atoms with Gasteiger partial charge >= 0.3 is 0 Å². The number of nitrogens with one attached hydrogen (secondary N) is 1. The molecule has 0 bridgehead atoms. The van der Waals surface area contributed by atoms with Crippen molar-refractivity contribution >= 4 is 23.5 Å². The molecule has 0 saturated carbocycles. The van der Waals surface area contributed by atoms with Crippen LogP contribution in [0.2, 0.25) is 0 Å². The van der Waals surface area contributed by atoms with Gasteiger partial charge in [-0.15, -0.1) is 0 Å². The summed E-state index contributed by atoms with van der Waals surface area (Å²) in [7, 11) is 0. The number of hydrogen-bond acceptors (Lipinski definition) is 3. The third kappa shape index (κ3) is 2.97. The molecule has 3 nitrogen and oxygen atoms in total. The fraction of sp³-hybridized carbons (Fsp3) is 0.231. The highest BCUT2D eigenvalue weighted by Crippen LogP contribution is 2.20. The van der Waals surface area contributed by atoms with Crippen LogP contribution in [0.5, 0.6) is 0 Å². The van der Waals surface area contributed by atoms with Crippen LogP contribution in [0.4, 0.5) is 0 Å². The van der Waals surface area contributed by atoms with Crippen molar-refractivity contribution in [2.75, 3.05) is 5.75 Å². The second kappa shape index (κ2) is 4.75. The minimum Gasteiger partial charge on any atom is -0.320 e. The summed E-state index contributed by atoms with van der Waals surface area (Å²) in [6, 6.07) is 5.73. The summed E-state index contributed by atoms with van der Waals surface area (Å²) in [4.78, 5) is 23.0. The Hall–Kier alpha value is -1.55. The smallest absolute Gasteiger partial charge is 0.235 e. The third-order valence-electron chi connectivity index (χ3n) is 2.39. The van der Waals surface area contributed by atoms with Gasteiger partial charge in [0.2, 0.25) is 5.91 Å². The van der Waals surface area contributed by atoms with E-state index in [1.807, 2.05) is 32.0 Å². The summed E-state index contributed by atoms with van der Waals surface area (Å²) in [6.45, 7) is 3.92. The molecule has 4 heteroatoms. The molecule has 1 aliphatic rings. The SMILES string of the molecule is Cc1cc(C)cc(C(=O)/C=C2/NC(=O)CS2)c1. The Morgan fingerprint density at radius 1 is 1.29 bits per heavy atom. The van der Waals surface area contributed by atoms with Gasteiger partial charge in [-0.1, -0.05) is 29.0 Å². The van der Waals surface area contributed by atoms with Crippen LogP contribution in [0.15, 0.2) is 29.3 Å². The molecule has 88 valence electrons. The number of benzene rings is 1. The average Bonchev–Trinajstić information content (AvgIpc) is 2.62. The Labute approximate surface area is 104 Å². The topological polar surface area (TPSA) is 46.2 Å². The van der Waals surface area contributed by atoms with Crippen molar-refractivity contribution in [1.82, 2.24) is 5.32 Å². The number of thioether (sulfide) groups is 1. The van der Waals surface area contributed by atoms with Gasteiger partial charge in [0.05, 0.1) is 10.8 Å². The maximum atomic E-state index is 12.0. The average molecular weight is 247 g/mol. The third-order valence-corrected chi connectivity index (χ3v) is 3.33. The van der Waals surface area contributed by atoms with Gasteiger partial charge in [0.25, 0.3) is 0 Å². The zero-order valence-corrected chi connectivity index (χ0v) is 10.6. The molecule has 1 amide bonds. The molecule has 1 aromatic rings. The van der Waals surface area contributed by atoms with Gasteiger partial charge in [-0.3, -0.25) is 9.59 Å². The number of aryl methyl sites for hydroxylation is 2. The van der Waals surface area contributed by atoms with Crippen molar-refractivity contribution in [3.05, 3.63) is 46.0 Å². The number of ketones is 1. The van der Waals surface area contributed by atoms with Crippen molar-refractivity contribution in [2.24, 2.45) is 0 Å². The fourth-order valence-electron chi connectivity index (χ4n) is 1.75. The number of carbonyl (C=O) groups excluding carboxylic acids is 2. The highest BCUT2D eigenvalue weighted by atomic mass is 32.2. The molecule has 0 atom stereocenters. The quantitative estimate of drug-likeness (QED) is 0.643. The molecule has 1 aromatic carbocycles. The highest BCUT2D eigenvalue weighted by Gasteiger charge is 2.16. The number of hydrogen-bond donors (Lipinski definition) is 1. The van der Waals surface area contributed by atoms with Crippen LogP contribution in [-0.4, -0.2) is 17.4 Å². The summed E-state index contributed by atoms with van der Waals surface area (Å²) in [5, 5.41) is 3.29. The van der Waals surface area contributed by atoms with E-state index in [1.54, 1.807) is 0 Å². The molecular weight excluding hydrogens is 234 g/mol. The Kier molecular flexibility index (Phi) is 3.33. The zero-order valence-electron chi connectivity index (χ0n) is 9.74. The van der Waals surface area contributed by atoms with E-state index in [4.69, 9.17) is 0 Å². The van der Waals surface area contributed by atoms with E-state index in [0.29, 0.717) is 16.3 Å². The van der Waals surface area contributed by atoms with Crippen molar-refractivity contribution < 1.29 is 9.59 Å². The first kappa shape index (κ1) is 11.9. The number of carbonyl (C=O) groups is 2. The second-order valence-corrected chi connectivity index (χ2v) is 5.10. The molecule has 1 fully saturated rings. The fourth-order valence-corrected chi connectivity index (χ4v) is 2.49. The van der Waals surface area contributed by atoms with Crippen molar-refractivity contribution in [2.45, 2.75) is 13.8 Å². The Bertz CT molecular complexity index is 500. The lowest BCUT2D eigenvalue weighted by molar-refractivity contribution is -0.117. The number of allylic oxidation sites excluding steroid dienone is 1. The molecule has 0 spiro atoms. The standard InChI is InChI=1S/C13H13NO2S/c1-8-3-9(2)5-10(4-8)11(15)6-13-14-12(16)7-17-13/h3-6H,7H2,1-2H3,(H,14,16)/b13-6-. The summed E-state index contributed by atoms with van der Waals surface area (Å²) >= 11 is 1.36. The largest absolute Gasteiger partial charge is 0.320 e. The van der Waals surface area contributed by atoms with Gasteiger partial charge in [-0.05, 0) is 26.0 Å². The Morgan fingerprint density at radius 2 is 1.94 bits per heavy atom. The van der Waals surface area contributed by atoms with Crippen molar-refractivity contribution in [3.8, 4) is 0 Å². The maximum Gasteiger partial charge on any atom is 0.235 e. The van der Waals surface area contributed by atoms with E-state index in [-0.39, 0.29) is 11.7 Å². The molecule has 0 unspecified atom stereocenters. The predicted molar refractivity (Wildman–Crippen MR) is 68.9 cm³/mol. The lowest BCUT2D eigenvalue weighted by Crippen LogP contribution is -2.14. The Morgan fingerprint density at radius 3 is 2.47 bits per heavy atom. The van der Waals surface area contributed by atoms with Crippen molar-refractivity contribution in [1.29, 1.82) is 0 Å². The molecule has 1 N–H and O–H groups in total. The number of amides is 1. The normalized spacial score (nSPS) is 17.3. The van der Waals surface area contributed by atoms with E-state index >= 15 is 0 Å². The lowest BCUT2D eigenvalue weighted by Gasteiger charge is -2.02. The number of rotatable bonds is 2. The van der Waals surface area contributed by atoms with Crippen LogP contribution in [0, 0.1) is 13.8 Å². The maximum absolute atomic E-state index is 12.0. The van der Waals surface area contributed by atoms with Crippen LogP contribution < -0.4 is 5.32 Å². The first-order valence-electron chi connectivity index (χ1n) is 5.31. The first-order valence-corrected chi connectivity index (χ1v) is 6.30. The summed E-state index contributed by atoms with van der Waals surface area (Å²) in [5.74, 6) is 0.280. The first-order chi connectivity index (χ1) is 8.04. The highest BCUT2D eigenvalue weighted by molar-refractivity contribution is 8.04. The second-order valence-electron chi connectivity index (χ2n) is 4.09. The molecule has 1 aliphatic heterocycles. The van der Waals surface area contributed by atoms with E-state index < -0.39 is 0 Å². The monoisotopic (exact) mass is 247 g/mol. The van der Waals surface area contributed by atoms with Gasteiger partial charge in [0, 0.05) is 11.6 Å². The lowest BCUT2D eigenvalue weighted by atomic mass is 10.0. The van der Waals surface area contributed by atoms with Gasteiger partial charge in [0.15, 0.2) is 5.78 Å². The Balaban J connectivity index is 2.22. The van der Waals surface area contributed by atoms with Crippen LogP contribution in [0.25, 0.3) is 0 Å². The van der Waals surface area contributed by atoms with Gasteiger partial charge < -0.3 is 5.32 Å². The van der Waals surface area contributed by atoms with Gasteiger partial charge in [-0.2, -0.15) is 0 Å². The molecule has 17 heavy (non-hydrogen) atoms. The molecule has 0 radical (unpaired) electrons. The molecule has 2 rings (SSSR count). The molecule has 1 heterocycles. The minimum atomic E-state index is -0.0681. The van der Waals surface area contributed by atoms with Crippen LogP contribution in [0.1, 0.15) is 21.5 Å². The molecular formula is C13H13NO2S. The van der Waals surface area contributed by atoms with Crippen LogP contribution in [0.3, 0.4) is 0 Å². The van der Waals surface area contributed by atoms with Gasteiger partial charge in [-0.25, -0.2) is 0 Å². The van der Waals surface area contributed by atoms with Crippen molar-refractivity contribution in [3.63, 3.8) is 0 Å². The van der Waals surface area contributed by atoms with Gasteiger partial charge in [0.1, 0.15) is 0 Å². The summed E-state index contributed by atoms with van der Waals surface area (Å²) in [6.07, 6.45) is 1.49. The van der Waals surface area contributed by atoms with Crippen LogP contribution in [-0.2, 0) is 4.79 Å². The molecule has 0 aliphatic carbocycles. The molecule has 0 aromatic heterocycles. The molecule has 1 saturated heterocycles. The minimum absolute atomic E-state index is 0.0468. The predicted octanol–water partition coefficient (Wildman–Crippen LogP) is 2.19. The summed E-state index contributed by atoms with van der Waals surface area (Å²) in [5.41, 5.74) is 2.79. The van der Waals surface area contributed by atoms with Crippen LogP contribution >= 0.6 is 11.8 Å². The van der Waals surface area contributed by atoms with E-state index in [9.17, 15) is 9.59 Å². The van der Waals surface area contributed by atoms with E-state index in [1.165, 1.54) is 17.8 Å². The van der Waals surface area contributed by atoms with E-state index in [2.05, 4.69) is 5.32 Å². The summed E-state index contributed by atoms with van der Waals surface area (Å²) < 4.78 is 0. The zero-order chi connectivity index (χ0) is 12.4. The van der Waals surface area contributed by atoms with E-state index in [0.717, 1.165) is 11.1 Å².